The maximum atomic E-state index is 11.8. The number of halogens is 1. The average molecular weight is 273 g/mol. The second kappa shape index (κ2) is 7.36. The van der Waals surface area contributed by atoms with Gasteiger partial charge in [-0.05, 0) is 25.1 Å². The number of carbonyl (C=O) groups is 1. The predicted molar refractivity (Wildman–Crippen MR) is 69.6 cm³/mol. The van der Waals surface area contributed by atoms with Crippen LogP contribution in [-0.4, -0.2) is 39.3 Å². The molecule has 0 fully saturated rings. The summed E-state index contributed by atoms with van der Waals surface area (Å²) < 4.78 is 15.3. The molecule has 0 saturated carbocycles. The number of rotatable bonds is 7. The number of benzene rings is 1. The SMILES string of the molecule is COCC(C)OCC(=O)c1ccc(OC)c(Cl)c1. The van der Waals surface area contributed by atoms with Crippen molar-refractivity contribution in [3.05, 3.63) is 28.8 Å². The number of hydrogen-bond donors (Lipinski definition) is 0. The molecular weight excluding hydrogens is 256 g/mol. The van der Waals surface area contributed by atoms with E-state index in [9.17, 15) is 4.79 Å². The molecule has 0 aromatic heterocycles. The standard InChI is InChI=1S/C13H17ClO4/c1-9(7-16-2)18-8-12(15)10-4-5-13(17-3)11(14)6-10/h4-6,9H,7-8H2,1-3H3. The first-order valence-electron chi connectivity index (χ1n) is 5.55. The smallest absolute Gasteiger partial charge is 0.188 e. The lowest BCUT2D eigenvalue weighted by atomic mass is 10.1. The Morgan fingerprint density at radius 1 is 1.39 bits per heavy atom. The zero-order chi connectivity index (χ0) is 13.5. The van der Waals surface area contributed by atoms with E-state index in [4.69, 9.17) is 25.8 Å². The Kier molecular flexibility index (Phi) is 6.12. The van der Waals surface area contributed by atoms with E-state index < -0.39 is 0 Å². The van der Waals surface area contributed by atoms with Gasteiger partial charge in [-0.3, -0.25) is 4.79 Å². The summed E-state index contributed by atoms with van der Waals surface area (Å²) in [6.45, 7) is 2.31. The third-order valence-electron chi connectivity index (χ3n) is 2.37. The van der Waals surface area contributed by atoms with Gasteiger partial charge in [0.05, 0.1) is 24.8 Å². The van der Waals surface area contributed by atoms with Crippen LogP contribution in [0.5, 0.6) is 5.75 Å². The van der Waals surface area contributed by atoms with Crippen molar-refractivity contribution >= 4 is 17.4 Å². The summed E-state index contributed by atoms with van der Waals surface area (Å²) >= 11 is 5.95. The Morgan fingerprint density at radius 2 is 2.11 bits per heavy atom. The highest BCUT2D eigenvalue weighted by Crippen LogP contribution is 2.25. The van der Waals surface area contributed by atoms with Crippen LogP contribution in [0.25, 0.3) is 0 Å². The van der Waals surface area contributed by atoms with Gasteiger partial charge in [-0.15, -0.1) is 0 Å². The van der Waals surface area contributed by atoms with Gasteiger partial charge in [0.2, 0.25) is 0 Å². The van der Waals surface area contributed by atoms with Gasteiger partial charge in [-0.2, -0.15) is 0 Å². The van der Waals surface area contributed by atoms with Gasteiger partial charge in [-0.25, -0.2) is 0 Å². The maximum absolute atomic E-state index is 11.8. The molecule has 1 atom stereocenters. The van der Waals surface area contributed by atoms with Gasteiger partial charge < -0.3 is 14.2 Å². The Bertz CT molecular complexity index is 406. The van der Waals surface area contributed by atoms with E-state index in [0.29, 0.717) is 22.9 Å². The van der Waals surface area contributed by atoms with Crippen LogP contribution in [-0.2, 0) is 9.47 Å². The van der Waals surface area contributed by atoms with Crippen molar-refractivity contribution < 1.29 is 19.0 Å². The molecule has 1 unspecified atom stereocenters. The van der Waals surface area contributed by atoms with Crippen LogP contribution >= 0.6 is 11.6 Å². The maximum Gasteiger partial charge on any atom is 0.188 e. The first kappa shape index (κ1) is 15.0. The minimum Gasteiger partial charge on any atom is -0.495 e. The number of Topliss-reactive ketones (excluding diaryl/α,β-unsaturated/α-hetero) is 1. The van der Waals surface area contributed by atoms with Crippen molar-refractivity contribution in [3.63, 3.8) is 0 Å². The minimum atomic E-state index is -0.123. The number of ether oxygens (including phenoxy) is 3. The average Bonchev–Trinajstić information content (AvgIpc) is 2.36. The number of hydrogen-bond acceptors (Lipinski definition) is 4. The molecule has 4 nitrogen and oxygen atoms in total. The lowest BCUT2D eigenvalue weighted by Crippen LogP contribution is -2.19. The van der Waals surface area contributed by atoms with E-state index in [0.717, 1.165) is 0 Å². The molecule has 1 aromatic carbocycles. The zero-order valence-corrected chi connectivity index (χ0v) is 11.5. The van der Waals surface area contributed by atoms with Crippen LogP contribution in [0.1, 0.15) is 17.3 Å². The Labute approximate surface area is 112 Å². The molecule has 18 heavy (non-hydrogen) atoms. The topological polar surface area (TPSA) is 44.8 Å². The van der Waals surface area contributed by atoms with Gasteiger partial charge in [0.1, 0.15) is 12.4 Å². The largest absolute Gasteiger partial charge is 0.495 e. The third kappa shape index (κ3) is 4.29. The molecule has 0 bridgehead atoms. The molecule has 1 rings (SSSR count). The van der Waals surface area contributed by atoms with E-state index in [1.807, 2.05) is 6.92 Å². The van der Waals surface area contributed by atoms with Crippen molar-refractivity contribution in [1.29, 1.82) is 0 Å². The second-order valence-corrected chi connectivity index (χ2v) is 4.26. The molecule has 0 saturated heterocycles. The molecule has 0 heterocycles. The van der Waals surface area contributed by atoms with Gasteiger partial charge in [-0.1, -0.05) is 11.6 Å². The van der Waals surface area contributed by atoms with Crippen LogP contribution in [0.3, 0.4) is 0 Å². The van der Waals surface area contributed by atoms with Gasteiger partial charge >= 0.3 is 0 Å². The summed E-state index contributed by atoms with van der Waals surface area (Å²) in [6.07, 6.45) is -0.118. The highest BCUT2D eigenvalue weighted by Gasteiger charge is 2.11. The molecule has 0 radical (unpaired) electrons. The highest BCUT2D eigenvalue weighted by molar-refractivity contribution is 6.32. The van der Waals surface area contributed by atoms with Crippen molar-refractivity contribution in [2.24, 2.45) is 0 Å². The predicted octanol–water partition coefficient (Wildman–Crippen LogP) is 2.58. The van der Waals surface area contributed by atoms with Crippen LogP contribution < -0.4 is 4.74 Å². The summed E-state index contributed by atoms with van der Waals surface area (Å²) in [5, 5.41) is 0.410. The Balaban J connectivity index is 2.59. The molecule has 0 aliphatic carbocycles. The van der Waals surface area contributed by atoms with Crippen molar-refractivity contribution in [1.82, 2.24) is 0 Å². The van der Waals surface area contributed by atoms with Crippen LogP contribution in [0.15, 0.2) is 18.2 Å². The van der Waals surface area contributed by atoms with E-state index in [1.54, 1.807) is 25.3 Å². The minimum absolute atomic E-state index is 0.00713. The van der Waals surface area contributed by atoms with Crippen LogP contribution in [0.4, 0.5) is 0 Å². The normalized spacial score (nSPS) is 12.2. The van der Waals surface area contributed by atoms with Crippen molar-refractivity contribution in [2.45, 2.75) is 13.0 Å². The van der Waals surface area contributed by atoms with Crippen LogP contribution in [0.2, 0.25) is 5.02 Å². The summed E-state index contributed by atoms with van der Waals surface area (Å²) in [4.78, 5) is 11.8. The fourth-order valence-electron chi connectivity index (χ4n) is 1.42. The third-order valence-corrected chi connectivity index (χ3v) is 2.67. The molecule has 1 aromatic rings. The summed E-state index contributed by atoms with van der Waals surface area (Å²) in [6, 6.07) is 4.90. The first-order chi connectivity index (χ1) is 8.58. The van der Waals surface area contributed by atoms with Crippen molar-refractivity contribution in [3.8, 4) is 5.75 Å². The lowest BCUT2D eigenvalue weighted by Gasteiger charge is -2.11. The number of carbonyl (C=O) groups excluding carboxylic acids is 1. The molecule has 100 valence electrons. The monoisotopic (exact) mass is 272 g/mol. The van der Waals surface area contributed by atoms with Gasteiger partial charge in [0.15, 0.2) is 5.78 Å². The van der Waals surface area contributed by atoms with E-state index in [1.165, 1.54) is 7.11 Å². The highest BCUT2D eigenvalue weighted by atomic mass is 35.5. The summed E-state index contributed by atoms with van der Waals surface area (Å²) in [5.74, 6) is 0.421. The Morgan fingerprint density at radius 3 is 2.67 bits per heavy atom. The fourth-order valence-corrected chi connectivity index (χ4v) is 1.68. The summed E-state index contributed by atoms with van der Waals surface area (Å²) in [5.41, 5.74) is 0.505. The fraction of sp³-hybridized carbons (Fsp3) is 0.462. The number of ketones is 1. The van der Waals surface area contributed by atoms with E-state index in [2.05, 4.69) is 0 Å². The molecule has 0 N–H and O–H groups in total. The van der Waals surface area contributed by atoms with Crippen LogP contribution in [0, 0.1) is 0 Å². The quantitative estimate of drug-likeness (QED) is 0.716. The zero-order valence-electron chi connectivity index (χ0n) is 10.7. The lowest BCUT2D eigenvalue weighted by molar-refractivity contribution is 0.0125. The summed E-state index contributed by atoms with van der Waals surface area (Å²) in [7, 11) is 3.11. The second-order valence-electron chi connectivity index (χ2n) is 3.85. The molecule has 5 heteroatoms. The first-order valence-corrected chi connectivity index (χ1v) is 5.93. The molecule has 0 aliphatic heterocycles. The van der Waals surface area contributed by atoms with Gasteiger partial charge in [0, 0.05) is 12.7 Å². The number of methoxy groups -OCH3 is 2. The van der Waals surface area contributed by atoms with E-state index >= 15 is 0 Å². The van der Waals surface area contributed by atoms with Crippen molar-refractivity contribution in [2.75, 3.05) is 27.4 Å². The van der Waals surface area contributed by atoms with Gasteiger partial charge in [0.25, 0.3) is 0 Å². The molecule has 0 amide bonds. The molecule has 0 spiro atoms. The van der Waals surface area contributed by atoms with E-state index in [-0.39, 0.29) is 18.5 Å². The Hall–Kier alpha value is -1.10. The molecule has 0 aliphatic rings. The molecular formula is C13H17ClO4.